The minimum Gasteiger partial charge on any atom is -0.370 e. The Kier molecular flexibility index (Phi) is 8.17. The Labute approximate surface area is 177 Å². The maximum Gasteiger partial charge on any atom is 0.252 e. The van der Waals surface area contributed by atoms with Crippen molar-refractivity contribution in [3.63, 3.8) is 0 Å². The van der Waals surface area contributed by atoms with Crippen LogP contribution in [0.3, 0.4) is 0 Å². The summed E-state index contributed by atoms with van der Waals surface area (Å²) in [6.07, 6.45) is 5.41. The minimum atomic E-state index is -3.35. The summed E-state index contributed by atoms with van der Waals surface area (Å²) in [7, 11) is -3.35. The summed E-state index contributed by atoms with van der Waals surface area (Å²) in [4.78, 5) is 7.55. The van der Waals surface area contributed by atoms with E-state index in [2.05, 4.69) is 16.8 Å². The molecule has 0 aromatic carbocycles. The summed E-state index contributed by atoms with van der Waals surface area (Å²) >= 11 is 1.31. The fourth-order valence-corrected chi connectivity index (χ4v) is 6.42. The summed E-state index contributed by atoms with van der Waals surface area (Å²) in [5.41, 5.74) is 6.12. The van der Waals surface area contributed by atoms with Gasteiger partial charge in [0.1, 0.15) is 4.21 Å². The quantitative estimate of drug-likeness (QED) is 0.382. The molecule has 0 bridgehead atoms. The average Bonchev–Trinajstić information content (AvgIpc) is 3.10. The van der Waals surface area contributed by atoms with E-state index in [1.54, 1.807) is 10.4 Å². The molecule has 1 atom stereocenters. The van der Waals surface area contributed by atoms with Gasteiger partial charge in [0.05, 0.1) is 6.54 Å². The number of halogens is 1. The van der Waals surface area contributed by atoms with Gasteiger partial charge in [-0.05, 0) is 43.7 Å². The smallest absolute Gasteiger partial charge is 0.252 e. The van der Waals surface area contributed by atoms with Crippen molar-refractivity contribution in [3.8, 4) is 0 Å². The number of sulfonamides is 1. The number of nitrogens with two attached hydrogens (primary N) is 1. The van der Waals surface area contributed by atoms with E-state index in [0.717, 1.165) is 43.6 Å². The second-order valence-electron chi connectivity index (χ2n) is 7.05. The molecule has 3 heterocycles. The van der Waals surface area contributed by atoms with Crippen LogP contribution in [-0.2, 0) is 16.6 Å². The Morgan fingerprint density at radius 3 is 2.65 bits per heavy atom. The van der Waals surface area contributed by atoms with Crippen LogP contribution in [0.4, 0.5) is 0 Å². The van der Waals surface area contributed by atoms with Crippen molar-refractivity contribution in [2.24, 2.45) is 16.6 Å². The molecule has 9 heteroatoms. The maximum atomic E-state index is 12.7. The zero-order chi connectivity index (χ0) is 17.9. The Bertz CT molecular complexity index is 714. The summed E-state index contributed by atoms with van der Waals surface area (Å²) in [5.74, 6) is 1.21. The lowest BCUT2D eigenvalue weighted by Crippen LogP contribution is -2.43. The Balaban J connectivity index is 0.00000243. The molecule has 2 aliphatic heterocycles. The van der Waals surface area contributed by atoms with Gasteiger partial charge in [-0.15, -0.1) is 35.3 Å². The molecule has 2 N–H and O–H groups in total. The van der Waals surface area contributed by atoms with Crippen LogP contribution in [0.15, 0.2) is 21.3 Å². The number of thiophene rings is 1. The first-order chi connectivity index (χ1) is 12.0. The molecule has 26 heavy (non-hydrogen) atoms. The Morgan fingerprint density at radius 2 is 1.96 bits per heavy atom. The molecule has 1 unspecified atom stereocenters. The second-order valence-corrected chi connectivity index (χ2v) is 10.4. The van der Waals surface area contributed by atoms with Crippen molar-refractivity contribution in [2.45, 2.75) is 49.8 Å². The zero-order valence-electron chi connectivity index (χ0n) is 15.3. The number of likely N-dealkylation sites (tertiary alicyclic amines) is 1. The highest BCUT2D eigenvalue weighted by Crippen LogP contribution is 2.27. The van der Waals surface area contributed by atoms with E-state index in [4.69, 9.17) is 5.73 Å². The van der Waals surface area contributed by atoms with Gasteiger partial charge >= 0.3 is 0 Å². The molecular formula is C17H29IN4O2S2. The summed E-state index contributed by atoms with van der Waals surface area (Å²) in [5, 5.41) is 0. The van der Waals surface area contributed by atoms with Gasteiger partial charge in [-0.2, -0.15) is 4.31 Å². The van der Waals surface area contributed by atoms with E-state index in [9.17, 15) is 8.42 Å². The monoisotopic (exact) mass is 512 g/mol. The van der Waals surface area contributed by atoms with Crippen molar-refractivity contribution < 1.29 is 8.42 Å². The van der Waals surface area contributed by atoms with Crippen LogP contribution in [-0.4, -0.2) is 49.8 Å². The number of hydrogen-bond donors (Lipinski definition) is 1. The van der Waals surface area contributed by atoms with Crippen LogP contribution >= 0.6 is 35.3 Å². The molecule has 6 nitrogen and oxygen atoms in total. The third-order valence-electron chi connectivity index (χ3n) is 4.92. The third-order valence-corrected chi connectivity index (χ3v) is 8.36. The van der Waals surface area contributed by atoms with E-state index in [1.807, 2.05) is 6.07 Å². The number of rotatable bonds is 4. The molecule has 2 aliphatic rings. The third kappa shape index (κ3) is 5.32. The topological polar surface area (TPSA) is 79.0 Å². The first kappa shape index (κ1) is 21.9. The SMILES string of the molecule is CC1CCCN(C(N)=NCc2ccc(S(=O)(=O)N3CCCCC3)s2)C1.I. The number of hydrogen-bond acceptors (Lipinski definition) is 4. The molecule has 148 valence electrons. The first-order valence-corrected chi connectivity index (χ1v) is 11.4. The minimum absolute atomic E-state index is 0. The summed E-state index contributed by atoms with van der Waals surface area (Å²) < 4.78 is 27.4. The van der Waals surface area contributed by atoms with Gasteiger partial charge in [0.25, 0.3) is 10.0 Å². The lowest BCUT2D eigenvalue weighted by molar-refractivity contribution is 0.270. The largest absolute Gasteiger partial charge is 0.370 e. The molecule has 2 fully saturated rings. The predicted octanol–water partition coefficient (Wildman–Crippen LogP) is 3.09. The Morgan fingerprint density at radius 1 is 1.23 bits per heavy atom. The van der Waals surface area contributed by atoms with E-state index >= 15 is 0 Å². The van der Waals surface area contributed by atoms with Gasteiger partial charge in [0.2, 0.25) is 0 Å². The predicted molar refractivity (Wildman–Crippen MR) is 118 cm³/mol. The van der Waals surface area contributed by atoms with Crippen molar-refractivity contribution >= 4 is 51.3 Å². The van der Waals surface area contributed by atoms with Gasteiger partial charge in [-0.1, -0.05) is 13.3 Å². The standard InChI is InChI=1S/C17H28N4O2S2.HI/c1-14-6-5-9-20(13-14)17(18)19-12-15-7-8-16(24-15)25(22,23)21-10-3-2-4-11-21;/h7-8,14H,2-6,9-13H2,1H3,(H2,18,19);1H. The van der Waals surface area contributed by atoms with Gasteiger partial charge in [-0.3, -0.25) is 0 Å². The van der Waals surface area contributed by atoms with E-state index in [0.29, 0.717) is 35.7 Å². The van der Waals surface area contributed by atoms with Gasteiger partial charge in [-0.25, -0.2) is 13.4 Å². The fourth-order valence-electron chi connectivity index (χ4n) is 3.47. The van der Waals surface area contributed by atoms with Crippen molar-refractivity contribution in [1.82, 2.24) is 9.21 Å². The molecule has 0 saturated carbocycles. The molecule has 1 aromatic rings. The number of aliphatic imine (C=N–C) groups is 1. The molecule has 3 rings (SSSR count). The summed E-state index contributed by atoms with van der Waals surface area (Å²) in [6.45, 7) is 5.85. The average molecular weight is 512 g/mol. The van der Waals surface area contributed by atoms with Crippen molar-refractivity contribution in [1.29, 1.82) is 0 Å². The molecule has 0 aliphatic carbocycles. The molecular weight excluding hydrogens is 483 g/mol. The van der Waals surface area contributed by atoms with Crippen molar-refractivity contribution in [2.75, 3.05) is 26.2 Å². The maximum absolute atomic E-state index is 12.7. The second kappa shape index (κ2) is 9.70. The molecule has 0 amide bonds. The highest BCUT2D eigenvalue weighted by atomic mass is 127. The lowest BCUT2D eigenvalue weighted by atomic mass is 10.0. The summed E-state index contributed by atoms with van der Waals surface area (Å²) in [6, 6.07) is 3.57. The first-order valence-electron chi connectivity index (χ1n) is 9.10. The number of guanidine groups is 1. The van der Waals surface area contributed by atoms with E-state index in [1.165, 1.54) is 17.8 Å². The van der Waals surface area contributed by atoms with Crippen LogP contribution < -0.4 is 5.73 Å². The molecule has 2 saturated heterocycles. The normalized spacial score (nSPS) is 22.9. The number of nitrogens with zero attached hydrogens (tertiary/aromatic N) is 3. The lowest BCUT2D eigenvalue weighted by Gasteiger charge is -2.31. The van der Waals surface area contributed by atoms with Gasteiger partial charge in [0, 0.05) is 31.1 Å². The Hall–Kier alpha value is -0.390. The molecule has 0 spiro atoms. The van der Waals surface area contributed by atoms with Crippen LogP contribution in [0.5, 0.6) is 0 Å². The van der Waals surface area contributed by atoms with Crippen LogP contribution in [0, 0.1) is 5.92 Å². The van der Waals surface area contributed by atoms with Crippen molar-refractivity contribution in [3.05, 3.63) is 17.0 Å². The van der Waals surface area contributed by atoms with Crippen LogP contribution in [0.25, 0.3) is 0 Å². The fraction of sp³-hybridized carbons (Fsp3) is 0.706. The van der Waals surface area contributed by atoms with Gasteiger partial charge < -0.3 is 10.6 Å². The molecule has 1 aromatic heterocycles. The van der Waals surface area contributed by atoms with E-state index in [-0.39, 0.29) is 24.0 Å². The van der Waals surface area contributed by atoms with E-state index < -0.39 is 10.0 Å². The van der Waals surface area contributed by atoms with Crippen LogP contribution in [0.2, 0.25) is 0 Å². The number of piperidine rings is 2. The zero-order valence-corrected chi connectivity index (χ0v) is 19.2. The highest BCUT2D eigenvalue weighted by molar-refractivity contribution is 14.0. The van der Waals surface area contributed by atoms with Gasteiger partial charge in [0.15, 0.2) is 5.96 Å². The van der Waals surface area contributed by atoms with Crippen LogP contribution in [0.1, 0.15) is 43.9 Å². The highest BCUT2D eigenvalue weighted by Gasteiger charge is 2.27. The molecule has 0 radical (unpaired) electrons.